The summed E-state index contributed by atoms with van der Waals surface area (Å²) in [6.07, 6.45) is -1.52. The summed E-state index contributed by atoms with van der Waals surface area (Å²) in [6, 6.07) is 16.6. The van der Waals surface area contributed by atoms with Crippen molar-refractivity contribution in [3.63, 3.8) is 0 Å². The van der Waals surface area contributed by atoms with Gasteiger partial charge in [-0.1, -0.05) is 12.1 Å². The molecule has 192 valence electrons. The lowest BCUT2D eigenvalue weighted by atomic mass is 10.1. The van der Waals surface area contributed by atoms with Gasteiger partial charge in [0.1, 0.15) is 29.5 Å². The van der Waals surface area contributed by atoms with Crippen LogP contribution in [0.1, 0.15) is 18.4 Å². The van der Waals surface area contributed by atoms with E-state index in [0.29, 0.717) is 23.3 Å². The topological polar surface area (TPSA) is 93.4 Å². The highest BCUT2D eigenvalue weighted by Gasteiger charge is 2.64. The Hall–Kier alpha value is -4.61. The Morgan fingerprint density at radius 1 is 0.895 bits per heavy atom. The van der Waals surface area contributed by atoms with Gasteiger partial charge in [-0.3, -0.25) is 0 Å². The summed E-state index contributed by atoms with van der Waals surface area (Å²) in [6.45, 7) is 0.341. The van der Waals surface area contributed by atoms with E-state index in [-0.39, 0.29) is 30.1 Å². The first kappa shape index (κ1) is 23.8. The van der Waals surface area contributed by atoms with Crippen molar-refractivity contribution in [3.05, 3.63) is 84.7 Å². The number of nitrogens with zero attached hydrogens (tertiary/aromatic N) is 6. The molecule has 1 fully saturated rings. The number of hydrogen-bond acceptors (Lipinski definition) is 7. The molecule has 3 heterocycles. The summed E-state index contributed by atoms with van der Waals surface area (Å²) in [5.41, 5.74) is 1.36. The molecule has 12 heteroatoms. The molecule has 0 atom stereocenters. The van der Waals surface area contributed by atoms with E-state index in [9.17, 15) is 17.6 Å². The third-order valence-corrected chi connectivity index (χ3v) is 6.40. The van der Waals surface area contributed by atoms with E-state index < -0.39 is 17.5 Å². The molecule has 0 bridgehead atoms. The van der Waals surface area contributed by atoms with Gasteiger partial charge in [-0.05, 0) is 66.9 Å². The van der Waals surface area contributed by atoms with Crippen LogP contribution >= 0.6 is 0 Å². The predicted octanol–water partition coefficient (Wildman–Crippen LogP) is 5.53. The lowest BCUT2D eigenvalue weighted by Gasteiger charge is -2.22. The number of benzene rings is 2. The monoisotopic (exact) mass is 520 g/mol. The fourth-order valence-corrected chi connectivity index (χ4v) is 4.08. The molecule has 5 aromatic rings. The smallest absolute Gasteiger partial charge is 0.354 e. The second kappa shape index (κ2) is 9.05. The predicted molar refractivity (Wildman–Crippen MR) is 133 cm³/mol. The zero-order chi connectivity index (χ0) is 26.3. The van der Waals surface area contributed by atoms with E-state index in [1.165, 1.54) is 18.5 Å². The third-order valence-electron chi connectivity index (χ3n) is 6.40. The van der Waals surface area contributed by atoms with Gasteiger partial charge in [0.2, 0.25) is 5.95 Å². The summed E-state index contributed by atoms with van der Waals surface area (Å²) < 4.78 is 56.3. The zero-order valence-corrected chi connectivity index (χ0v) is 19.7. The van der Waals surface area contributed by atoms with Crippen molar-refractivity contribution in [2.24, 2.45) is 0 Å². The van der Waals surface area contributed by atoms with E-state index in [1.807, 2.05) is 24.3 Å². The minimum Gasteiger partial charge on any atom is -0.354 e. The molecule has 8 nitrogen and oxygen atoms in total. The number of pyridine rings is 1. The Labute approximate surface area is 213 Å². The van der Waals surface area contributed by atoms with E-state index in [1.54, 1.807) is 35.3 Å². The summed E-state index contributed by atoms with van der Waals surface area (Å²) in [7, 11) is 0. The number of halogens is 4. The van der Waals surface area contributed by atoms with Gasteiger partial charge in [0.05, 0.1) is 16.9 Å². The van der Waals surface area contributed by atoms with Gasteiger partial charge in [-0.15, -0.1) is 0 Å². The fraction of sp³-hybridized carbons (Fsp3) is 0.192. The minimum absolute atomic E-state index is 0.0159. The number of nitrogens with one attached hydrogen (secondary N) is 2. The van der Waals surface area contributed by atoms with Crippen LogP contribution in [0.3, 0.4) is 0 Å². The van der Waals surface area contributed by atoms with Crippen molar-refractivity contribution in [1.82, 2.24) is 29.7 Å². The van der Waals surface area contributed by atoms with Gasteiger partial charge in [-0.25, -0.2) is 24.0 Å². The Bertz CT molecular complexity index is 1580. The largest absolute Gasteiger partial charge is 0.411 e. The quantitative estimate of drug-likeness (QED) is 0.273. The molecule has 0 unspecified atom stereocenters. The third kappa shape index (κ3) is 4.60. The summed E-state index contributed by atoms with van der Waals surface area (Å²) >= 11 is 0. The first-order chi connectivity index (χ1) is 18.3. The number of hydrogen-bond donors (Lipinski definition) is 2. The molecule has 1 aliphatic rings. The molecule has 38 heavy (non-hydrogen) atoms. The molecule has 2 aromatic carbocycles. The number of fused-ring (bicyclic) bond motifs is 1. The van der Waals surface area contributed by atoms with E-state index in [4.69, 9.17) is 0 Å². The van der Waals surface area contributed by atoms with Crippen molar-refractivity contribution in [2.75, 3.05) is 10.6 Å². The SMILES string of the molecule is Fc1ccc(-c2ccc3nc(NCc4ccc(-n5cncn5)cc4)nc(NC4(C(F)(F)F)CC4)c3n2)cc1. The normalized spacial score (nSPS) is 14.4. The number of alkyl halides is 3. The van der Waals surface area contributed by atoms with Gasteiger partial charge in [0.25, 0.3) is 0 Å². The van der Waals surface area contributed by atoms with Crippen molar-refractivity contribution < 1.29 is 17.6 Å². The molecular weight excluding hydrogens is 500 g/mol. The molecule has 0 spiro atoms. The average molecular weight is 520 g/mol. The zero-order valence-electron chi connectivity index (χ0n) is 19.7. The van der Waals surface area contributed by atoms with Crippen LogP contribution in [0.15, 0.2) is 73.3 Å². The maximum Gasteiger partial charge on any atom is 0.411 e. The van der Waals surface area contributed by atoms with E-state index in [0.717, 1.165) is 11.3 Å². The molecule has 0 saturated heterocycles. The molecular formula is C26H20F4N8. The minimum atomic E-state index is -4.45. The highest BCUT2D eigenvalue weighted by molar-refractivity contribution is 5.88. The highest BCUT2D eigenvalue weighted by atomic mass is 19.4. The Balaban J connectivity index is 1.32. The van der Waals surface area contributed by atoms with Crippen LogP contribution in [0, 0.1) is 5.82 Å². The fourth-order valence-electron chi connectivity index (χ4n) is 4.08. The van der Waals surface area contributed by atoms with Gasteiger partial charge < -0.3 is 10.6 Å². The molecule has 3 aromatic heterocycles. The van der Waals surface area contributed by atoms with Gasteiger partial charge in [0.15, 0.2) is 5.82 Å². The lowest BCUT2D eigenvalue weighted by molar-refractivity contribution is -0.151. The van der Waals surface area contributed by atoms with E-state index in [2.05, 4.69) is 35.7 Å². The molecule has 1 saturated carbocycles. The molecule has 0 amide bonds. The van der Waals surface area contributed by atoms with E-state index >= 15 is 0 Å². The van der Waals surface area contributed by atoms with Gasteiger partial charge >= 0.3 is 6.18 Å². The molecule has 0 aliphatic heterocycles. The van der Waals surface area contributed by atoms with Gasteiger partial charge in [0, 0.05) is 12.1 Å². The first-order valence-corrected chi connectivity index (χ1v) is 11.8. The van der Waals surface area contributed by atoms with Crippen molar-refractivity contribution in [2.45, 2.75) is 31.1 Å². The molecule has 2 N–H and O–H groups in total. The Morgan fingerprint density at radius 3 is 2.32 bits per heavy atom. The number of rotatable bonds is 7. The maximum absolute atomic E-state index is 13.8. The van der Waals surface area contributed by atoms with Crippen LogP contribution in [-0.4, -0.2) is 41.4 Å². The van der Waals surface area contributed by atoms with Crippen LogP contribution in [0.25, 0.3) is 28.0 Å². The lowest BCUT2D eigenvalue weighted by Crippen LogP contribution is -2.39. The highest BCUT2D eigenvalue weighted by Crippen LogP contribution is 2.51. The van der Waals surface area contributed by atoms with Crippen LogP contribution in [-0.2, 0) is 6.54 Å². The Kier molecular flexibility index (Phi) is 5.66. The molecule has 1 aliphatic carbocycles. The molecule has 6 rings (SSSR count). The Morgan fingerprint density at radius 2 is 1.66 bits per heavy atom. The number of aromatic nitrogens is 6. The van der Waals surface area contributed by atoms with Crippen LogP contribution < -0.4 is 10.6 Å². The second-order valence-electron chi connectivity index (χ2n) is 9.03. The van der Waals surface area contributed by atoms with Crippen molar-refractivity contribution >= 4 is 22.8 Å². The van der Waals surface area contributed by atoms with Crippen LogP contribution in [0.5, 0.6) is 0 Å². The van der Waals surface area contributed by atoms with Crippen LogP contribution in [0.4, 0.5) is 29.3 Å². The summed E-state index contributed by atoms with van der Waals surface area (Å²) in [5.74, 6) is -0.252. The summed E-state index contributed by atoms with van der Waals surface area (Å²) in [4.78, 5) is 17.3. The van der Waals surface area contributed by atoms with Crippen molar-refractivity contribution in [1.29, 1.82) is 0 Å². The second-order valence-corrected chi connectivity index (χ2v) is 9.03. The molecule has 0 radical (unpaired) electrons. The van der Waals surface area contributed by atoms with Crippen molar-refractivity contribution in [3.8, 4) is 16.9 Å². The van der Waals surface area contributed by atoms with Gasteiger partial charge in [-0.2, -0.15) is 23.3 Å². The summed E-state index contributed by atoms with van der Waals surface area (Å²) in [5, 5.41) is 9.79. The maximum atomic E-state index is 13.8. The average Bonchev–Trinajstić information content (AvgIpc) is 3.51. The first-order valence-electron chi connectivity index (χ1n) is 11.8. The van der Waals surface area contributed by atoms with Crippen LogP contribution in [0.2, 0.25) is 0 Å². The number of anilines is 2. The standard InChI is InChI=1S/C26H20F4N8/c27-18-5-3-17(4-6-18)20-9-10-21-22(34-20)23(37-25(11-12-25)26(28,29)30)36-24(35-21)32-13-16-1-7-19(8-2-16)38-15-31-14-33-38/h1-10,14-15H,11-13H2,(H2,32,35,36,37).